The van der Waals surface area contributed by atoms with Gasteiger partial charge in [0, 0.05) is 44.4 Å². The fourth-order valence-electron chi connectivity index (χ4n) is 10.7. The van der Waals surface area contributed by atoms with E-state index in [1.54, 1.807) is 0 Å². The van der Waals surface area contributed by atoms with Crippen LogP contribution in [0.25, 0.3) is 77.6 Å². The molecule has 0 aliphatic heterocycles. The standard InChI is InChI=1S/C58H46N2O/c1-3-17-39(18-4-1)44-26-13-19-41-20-14-28-49(56(41)44)46-23-7-10-31-52(46)59(43-37-35-40(36-38-43)45-27-15-30-51-48-25-9-12-34-55(48)61-58(45)51)54-33-16-29-50-47-24-8-11-32-53(47)60(57(50)54)42-21-5-2-6-22-42/h2,5-7,9-16,19-23,25-39H,1,3-4,8,17-18,24H2. The third kappa shape index (κ3) is 5.94. The first-order valence-electron chi connectivity index (χ1n) is 22.1. The molecule has 12 rings (SSSR count). The van der Waals surface area contributed by atoms with E-state index in [1.165, 1.54) is 87.4 Å². The summed E-state index contributed by atoms with van der Waals surface area (Å²) >= 11 is 0. The summed E-state index contributed by atoms with van der Waals surface area (Å²) in [6.45, 7) is 0. The van der Waals surface area contributed by atoms with Gasteiger partial charge in [-0.2, -0.15) is 0 Å². The number of nitrogens with zero attached hydrogens (tertiary/aromatic N) is 2. The lowest BCUT2D eigenvalue weighted by atomic mass is 9.80. The number of rotatable bonds is 7. The van der Waals surface area contributed by atoms with Crippen LogP contribution in [0.15, 0.2) is 186 Å². The highest BCUT2D eigenvalue weighted by Crippen LogP contribution is 2.49. The van der Waals surface area contributed by atoms with Crippen LogP contribution in [0.1, 0.15) is 61.3 Å². The van der Waals surface area contributed by atoms with E-state index in [9.17, 15) is 0 Å². The molecule has 0 saturated heterocycles. The second-order valence-electron chi connectivity index (χ2n) is 16.9. The molecule has 2 heterocycles. The molecule has 10 aromatic rings. The van der Waals surface area contributed by atoms with E-state index in [0.717, 1.165) is 63.0 Å². The molecule has 0 N–H and O–H groups in total. The Morgan fingerprint density at radius 3 is 2.11 bits per heavy atom. The van der Waals surface area contributed by atoms with Gasteiger partial charge in [-0.1, -0.05) is 159 Å². The predicted molar refractivity (Wildman–Crippen MR) is 257 cm³/mol. The summed E-state index contributed by atoms with van der Waals surface area (Å²) < 4.78 is 9.03. The van der Waals surface area contributed by atoms with Crippen molar-refractivity contribution in [2.24, 2.45) is 0 Å². The van der Waals surface area contributed by atoms with Gasteiger partial charge < -0.3 is 13.9 Å². The molecule has 2 aliphatic carbocycles. The maximum absolute atomic E-state index is 6.53. The summed E-state index contributed by atoms with van der Waals surface area (Å²) in [4.78, 5) is 2.53. The number of aryl methyl sites for hydroxylation is 1. The molecule has 0 unspecified atom stereocenters. The maximum Gasteiger partial charge on any atom is 0.143 e. The first-order chi connectivity index (χ1) is 30.3. The first kappa shape index (κ1) is 35.8. The summed E-state index contributed by atoms with van der Waals surface area (Å²) in [5, 5.41) is 6.30. The molecule has 3 heteroatoms. The van der Waals surface area contributed by atoms with Crippen LogP contribution in [-0.4, -0.2) is 4.57 Å². The molecule has 2 aromatic heterocycles. The smallest absolute Gasteiger partial charge is 0.143 e. The molecule has 0 amide bonds. The minimum atomic E-state index is 0.577. The van der Waals surface area contributed by atoms with Crippen molar-refractivity contribution in [1.82, 2.24) is 4.57 Å². The monoisotopic (exact) mass is 786 g/mol. The number of hydrogen-bond acceptors (Lipinski definition) is 2. The minimum absolute atomic E-state index is 0.577. The van der Waals surface area contributed by atoms with Gasteiger partial charge in [0.2, 0.25) is 0 Å². The second-order valence-corrected chi connectivity index (χ2v) is 16.9. The van der Waals surface area contributed by atoms with Gasteiger partial charge in [0.05, 0.1) is 16.9 Å². The minimum Gasteiger partial charge on any atom is -0.455 e. The highest BCUT2D eigenvalue weighted by Gasteiger charge is 2.27. The van der Waals surface area contributed by atoms with E-state index in [4.69, 9.17) is 4.42 Å². The molecule has 0 radical (unpaired) electrons. The molecule has 294 valence electrons. The normalized spacial score (nSPS) is 14.3. The van der Waals surface area contributed by atoms with Crippen LogP contribution in [0.5, 0.6) is 0 Å². The molecule has 61 heavy (non-hydrogen) atoms. The largest absolute Gasteiger partial charge is 0.455 e. The maximum atomic E-state index is 6.53. The highest BCUT2D eigenvalue weighted by atomic mass is 16.3. The Labute approximate surface area is 356 Å². The Bertz CT molecular complexity index is 3280. The number of furan rings is 1. The second kappa shape index (κ2) is 14.9. The molecule has 1 saturated carbocycles. The van der Waals surface area contributed by atoms with Crippen LogP contribution in [0, 0.1) is 0 Å². The zero-order chi connectivity index (χ0) is 40.3. The van der Waals surface area contributed by atoms with Gasteiger partial charge in [-0.3, -0.25) is 0 Å². The van der Waals surface area contributed by atoms with Crippen molar-refractivity contribution < 1.29 is 4.42 Å². The van der Waals surface area contributed by atoms with Crippen molar-refractivity contribution in [3.63, 3.8) is 0 Å². The zero-order valence-corrected chi connectivity index (χ0v) is 34.2. The molecule has 2 aliphatic rings. The van der Waals surface area contributed by atoms with Gasteiger partial charge in [0.15, 0.2) is 0 Å². The fourth-order valence-corrected chi connectivity index (χ4v) is 10.7. The van der Waals surface area contributed by atoms with Crippen LogP contribution in [-0.2, 0) is 6.42 Å². The Kier molecular flexibility index (Phi) is 8.73. The van der Waals surface area contributed by atoms with Crippen molar-refractivity contribution in [3.05, 3.63) is 199 Å². The number of benzene rings is 8. The SMILES string of the molecule is C1=Cc2c(c3cccc(N(c4ccc(-c5cccc6c5oc5ccccc56)cc4)c4ccccc4-c4cccc5cccc(C6CCCCC6)c45)c3n2-c2ccccc2)CC1. The van der Waals surface area contributed by atoms with Crippen molar-refractivity contribution in [3.8, 4) is 27.9 Å². The molecule has 3 nitrogen and oxygen atoms in total. The average Bonchev–Trinajstić information content (AvgIpc) is 3.89. The van der Waals surface area contributed by atoms with Crippen molar-refractivity contribution in [2.45, 2.75) is 50.9 Å². The molecular weight excluding hydrogens is 741 g/mol. The molecule has 1 fully saturated rings. The summed E-state index contributed by atoms with van der Waals surface area (Å²) in [6, 6.07) is 64.8. The van der Waals surface area contributed by atoms with E-state index in [2.05, 4.69) is 191 Å². The van der Waals surface area contributed by atoms with E-state index in [1.807, 2.05) is 6.07 Å². The number of hydrogen-bond donors (Lipinski definition) is 0. The van der Waals surface area contributed by atoms with E-state index >= 15 is 0 Å². The Morgan fingerprint density at radius 2 is 1.23 bits per heavy atom. The van der Waals surface area contributed by atoms with Crippen molar-refractivity contribution in [2.75, 3.05) is 4.90 Å². The molecular formula is C58H46N2O. The molecule has 0 spiro atoms. The fraction of sp³-hybridized carbons (Fsp3) is 0.138. The summed E-state index contributed by atoms with van der Waals surface area (Å²) in [7, 11) is 0. The lowest BCUT2D eigenvalue weighted by Gasteiger charge is -2.30. The van der Waals surface area contributed by atoms with Gasteiger partial charge >= 0.3 is 0 Å². The first-order valence-corrected chi connectivity index (χ1v) is 22.1. The third-order valence-corrected chi connectivity index (χ3v) is 13.5. The van der Waals surface area contributed by atoms with Crippen LogP contribution in [0.4, 0.5) is 17.1 Å². The summed E-state index contributed by atoms with van der Waals surface area (Å²) in [5.74, 6) is 0.577. The van der Waals surface area contributed by atoms with Gasteiger partial charge in [0.25, 0.3) is 0 Å². The lowest BCUT2D eigenvalue weighted by molar-refractivity contribution is 0.445. The summed E-state index contributed by atoms with van der Waals surface area (Å²) in [5.41, 5.74) is 16.6. The van der Waals surface area contributed by atoms with E-state index < -0.39 is 0 Å². The predicted octanol–water partition coefficient (Wildman–Crippen LogP) is 16.5. The number of aromatic nitrogens is 1. The van der Waals surface area contributed by atoms with Gasteiger partial charge in [0.1, 0.15) is 11.2 Å². The number of anilines is 3. The number of fused-ring (bicyclic) bond motifs is 7. The highest BCUT2D eigenvalue weighted by molar-refractivity contribution is 6.10. The lowest BCUT2D eigenvalue weighted by Crippen LogP contribution is -2.13. The molecule has 0 bridgehead atoms. The van der Waals surface area contributed by atoms with Gasteiger partial charge in [-0.05, 0) is 113 Å². The average molecular weight is 787 g/mol. The third-order valence-electron chi connectivity index (χ3n) is 13.5. The van der Waals surface area contributed by atoms with Crippen LogP contribution < -0.4 is 4.90 Å². The van der Waals surface area contributed by atoms with Crippen LogP contribution in [0.3, 0.4) is 0 Å². The Balaban J connectivity index is 1.11. The van der Waals surface area contributed by atoms with Crippen LogP contribution >= 0.6 is 0 Å². The zero-order valence-electron chi connectivity index (χ0n) is 34.2. The van der Waals surface area contributed by atoms with E-state index in [0.29, 0.717) is 5.92 Å². The van der Waals surface area contributed by atoms with Crippen LogP contribution in [0.2, 0.25) is 0 Å². The van der Waals surface area contributed by atoms with Gasteiger partial charge in [-0.25, -0.2) is 0 Å². The molecule has 8 aromatic carbocycles. The van der Waals surface area contributed by atoms with E-state index in [-0.39, 0.29) is 0 Å². The van der Waals surface area contributed by atoms with Crippen molar-refractivity contribution >= 4 is 66.8 Å². The quantitative estimate of drug-likeness (QED) is 0.160. The Hall–Kier alpha value is -7.10. The number of para-hydroxylation sites is 5. The summed E-state index contributed by atoms with van der Waals surface area (Å²) in [6.07, 6.45) is 13.2. The number of allylic oxidation sites excluding steroid dienone is 1. The van der Waals surface area contributed by atoms with Crippen molar-refractivity contribution in [1.29, 1.82) is 0 Å². The Morgan fingerprint density at radius 1 is 0.541 bits per heavy atom. The molecule has 0 atom stereocenters. The topological polar surface area (TPSA) is 21.3 Å². The van der Waals surface area contributed by atoms with Gasteiger partial charge in [-0.15, -0.1) is 0 Å².